The average Bonchev–Trinajstić information content (AvgIpc) is 3.34. The number of amides is 1. The molecule has 0 spiro atoms. The van der Waals surface area contributed by atoms with Crippen LogP contribution >= 0.6 is 11.6 Å². The van der Waals surface area contributed by atoms with E-state index in [2.05, 4.69) is 15.0 Å². The lowest BCUT2D eigenvalue weighted by Gasteiger charge is -2.13. The largest absolute Gasteiger partial charge is 0.348 e. The SMILES string of the molecule is Cc1ccccc1NS(=O)(=O)c1cc(C(=O)NCc2ccc(-n3ccnc3)cc2)ccc1Cl. The van der Waals surface area contributed by atoms with Gasteiger partial charge in [-0.1, -0.05) is 41.9 Å². The van der Waals surface area contributed by atoms with Gasteiger partial charge in [-0.15, -0.1) is 0 Å². The zero-order valence-corrected chi connectivity index (χ0v) is 19.3. The molecule has 0 aliphatic rings. The summed E-state index contributed by atoms with van der Waals surface area (Å²) in [6, 6.07) is 18.8. The van der Waals surface area contributed by atoms with Gasteiger partial charge in [0, 0.05) is 30.2 Å². The Kier molecular flexibility index (Phi) is 6.48. The number of hydrogen-bond acceptors (Lipinski definition) is 4. The number of halogens is 1. The summed E-state index contributed by atoms with van der Waals surface area (Å²) < 4.78 is 30.3. The van der Waals surface area contributed by atoms with Gasteiger partial charge >= 0.3 is 0 Å². The summed E-state index contributed by atoms with van der Waals surface area (Å²) in [4.78, 5) is 16.6. The topological polar surface area (TPSA) is 93.1 Å². The Morgan fingerprint density at radius 3 is 2.52 bits per heavy atom. The molecule has 0 fully saturated rings. The van der Waals surface area contributed by atoms with Crippen molar-refractivity contribution in [2.75, 3.05) is 4.72 Å². The van der Waals surface area contributed by atoms with Gasteiger partial charge in [0.2, 0.25) is 0 Å². The molecule has 33 heavy (non-hydrogen) atoms. The fourth-order valence-corrected chi connectivity index (χ4v) is 4.88. The van der Waals surface area contributed by atoms with Gasteiger partial charge in [-0.05, 0) is 54.4 Å². The molecule has 7 nitrogen and oxygen atoms in total. The third-order valence-corrected chi connectivity index (χ3v) is 6.91. The molecule has 9 heteroatoms. The standard InChI is InChI=1S/C24H21ClN4O3S/c1-17-4-2-3-5-22(17)28-33(31,32)23-14-19(8-11-21(23)25)24(30)27-15-18-6-9-20(10-7-18)29-13-12-26-16-29/h2-14,16,28H,15H2,1H3,(H,27,30). The highest BCUT2D eigenvalue weighted by Crippen LogP contribution is 2.26. The number of anilines is 1. The lowest BCUT2D eigenvalue weighted by molar-refractivity contribution is 0.0950. The van der Waals surface area contributed by atoms with Crippen LogP contribution in [0.1, 0.15) is 21.5 Å². The smallest absolute Gasteiger partial charge is 0.263 e. The maximum atomic E-state index is 12.9. The Balaban J connectivity index is 1.47. The van der Waals surface area contributed by atoms with Crippen molar-refractivity contribution in [2.45, 2.75) is 18.4 Å². The van der Waals surface area contributed by atoms with Gasteiger partial charge in [0.25, 0.3) is 15.9 Å². The van der Waals surface area contributed by atoms with Crippen molar-refractivity contribution in [3.05, 3.63) is 107 Å². The zero-order chi connectivity index (χ0) is 23.4. The molecule has 4 aromatic rings. The average molecular weight is 481 g/mol. The first-order chi connectivity index (χ1) is 15.8. The number of aromatic nitrogens is 2. The number of hydrogen-bond donors (Lipinski definition) is 2. The van der Waals surface area contributed by atoms with E-state index in [0.717, 1.165) is 16.8 Å². The molecule has 0 aliphatic heterocycles. The number of rotatable bonds is 7. The molecule has 0 aliphatic carbocycles. The molecule has 1 amide bonds. The molecule has 3 aromatic carbocycles. The van der Waals surface area contributed by atoms with Gasteiger partial charge in [-0.3, -0.25) is 9.52 Å². The third-order valence-electron chi connectivity index (χ3n) is 5.06. The molecule has 0 radical (unpaired) electrons. The zero-order valence-electron chi connectivity index (χ0n) is 17.7. The van der Waals surface area contributed by atoms with Crippen molar-refractivity contribution in [1.29, 1.82) is 0 Å². The lowest BCUT2D eigenvalue weighted by Crippen LogP contribution is -2.23. The molecule has 0 atom stereocenters. The molecule has 1 aromatic heterocycles. The highest BCUT2D eigenvalue weighted by atomic mass is 35.5. The summed E-state index contributed by atoms with van der Waals surface area (Å²) in [6.45, 7) is 2.08. The van der Waals surface area contributed by atoms with Crippen LogP contribution in [0.2, 0.25) is 5.02 Å². The van der Waals surface area contributed by atoms with Crippen LogP contribution in [0.5, 0.6) is 0 Å². The van der Waals surface area contributed by atoms with Crippen LogP contribution < -0.4 is 10.0 Å². The van der Waals surface area contributed by atoms with Crippen LogP contribution in [-0.2, 0) is 16.6 Å². The van der Waals surface area contributed by atoms with Gasteiger partial charge in [-0.2, -0.15) is 0 Å². The Bertz CT molecular complexity index is 1390. The van der Waals surface area contributed by atoms with Gasteiger partial charge in [-0.25, -0.2) is 13.4 Å². The Hall–Kier alpha value is -3.62. The van der Waals surface area contributed by atoms with Gasteiger partial charge in [0.1, 0.15) is 4.90 Å². The summed E-state index contributed by atoms with van der Waals surface area (Å²) in [5.41, 5.74) is 3.26. The van der Waals surface area contributed by atoms with Gasteiger partial charge in [0.15, 0.2) is 0 Å². The molecule has 0 saturated carbocycles. The predicted octanol–water partition coefficient (Wildman–Crippen LogP) is 4.56. The molecule has 2 N–H and O–H groups in total. The summed E-state index contributed by atoms with van der Waals surface area (Å²) in [7, 11) is -3.99. The van der Waals surface area contributed by atoms with E-state index < -0.39 is 15.9 Å². The maximum absolute atomic E-state index is 12.9. The van der Waals surface area contributed by atoms with Crippen LogP contribution in [0.3, 0.4) is 0 Å². The third kappa shape index (κ3) is 5.24. The van der Waals surface area contributed by atoms with E-state index in [1.807, 2.05) is 41.1 Å². The second kappa shape index (κ2) is 9.48. The molecule has 0 bridgehead atoms. The van der Waals surface area contributed by atoms with Crippen molar-refractivity contribution < 1.29 is 13.2 Å². The predicted molar refractivity (Wildman–Crippen MR) is 128 cm³/mol. The summed E-state index contributed by atoms with van der Waals surface area (Å²) in [5.74, 6) is -0.405. The number of carbonyl (C=O) groups excluding carboxylic acids is 1. The monoisotopic (exact) mass is 480 g/mol. The van der Waals surface area contributed by atoms with E-state index in [0.29, 0.717) is 5.69 Å². The second-order valence-electron chi connectivity index (χ2n) is 7.38. The van der Waals surface area contributed by atoms with Gasteiger partial charge in [0.05, 0.1) is 17.0 Å². The first-order valence-corrected chi connectivity index (χ1v) is 11.9. The van der Waals surface area contributed by atoms with Crippen LogP contribution in [0.25, 0.3) is 5.69 Å². The first kappa shape index (κ1) is 22.6. The fourth-order valence-electron chi connectivity index (χ4n) is 3.22. The van der Waals surface area contributed by atoms with E-state index in [-0.39, 0.29) is 22.0 Å². The first-order valence-electron chi connectivity index (χ1n) is 10.1. The van der Waals surface area contributed by atoms with Crippen LogP contribution in [0.4, 0.5) is 5.69 Å². The highest BCUT2D eigenvalue weighted by Gasteiger charge is 2.21. The van der Waals surface area contributed by atoms with E-state index in [1.165, 1.54) is 18.2 Å². The molecule has 4 rings (SSSR count). The maximum Gasteiger partial charge on any atom is 0.263 e. The number of aryl methyl sites for hydroxylation is 1. The number of nitrogens with one attached hydrogen (secondary N) is 2. The number of para-hydroxylation sites is 1. The van der Waals surface area contributed by atoms with E-state index in [1.54, 1.807) is 37.6 Å². The lowest BCUT2D eigenvalue weighted by atomic mass is 10.2. The van der Waals surface area contributed by atoms with Crippen molar-refractivity contribution >= 4 is 33.2 Å². The Morgan fingerprint density at radius 2 is 1.82 bits per heavy atom. The quantitative estimate of drug-likeness (QED) is 0.405. The van der Waals surface area contributed by atoms with Crippen molar-refractivity contribution in [2.24, 2.45) is 0 Å². The Labute approximate surface area is 197 Å². The molecule has 168 valence electrons. The van der Waals surface area contributed by atoms with E-state index in [9.17, 15) is 13.2 Å². The Morgan fingerprint density at radius 1 is 1.06 bits per heavy atom. The molecule has 0 unspecified atom stereocenters. The number of imidazole rings is 1. The minimum atomic E-state index is -3.99. The van der Waals surface area contributed by atoms with Crippen LogP contribution in [0, 0.1) is 6.92 Å². The summed E-state index contributed by atoms with van der Waals surface area (Å²) in [6.07, 6.45) is 5.25. The van der Waals surface area contributed by atoms with Gasteiger partial charge < -0.3 is 9.88 Å². The number of sulfonamides is 1. The number of benzene rings is 3. The molecule has 1 heterocycles. The molecular formula is C24H21ClN4O3S. The molecule has 0 saturated heterocycles. The second-order valence-corrected chi connectivity index (χ2v) is 9.44. The van der Waals surface area contributed by atoms with Crippen molar-refractivity contribution in [3.63, 3.8) is 0 Å². The summed E-state index contributed by atoms with van der Waals surface area (Å²) >= 11 is 6.16. The molecular weight excluding hydrogens is 460 g/mol. The number of nitrogens with zero attached hydrogens (tertiary/aromatic N) is 2. The highest BCUT2D eigenvalue weighted by molar-refractivity contribution is 7.92. The fraction of sp³-hybridized carbons (Fsp3) is 0.0833. The van der Waals surface area contributed by atoms with Crippen LogP contribution in [-0.4, -0.2) is 23.9 Å². The minimum Gasteiger partial charge on any atom is -0.348 e. The van der Waals surface area contributed by atoms with Crippen molar-refractivity contribution in [1.82, 2.24) is 14.9 Å². The normalized spacial score (nSPS) is 11.2. The van der Waals surface area contributed by atoms with Crippen LogP contribution in [0.15, 0.2) is 90.3 Å². The number of carbonyl (C=O) groups is 1. The van der Waals surface area contributed by atoms with Crippen molar-refractivity contribution in [3.8, 4) is 5.69 Å². The minimum absolute atomic E-state index is 0.0303. The van der Waals surface area contributed by atoms with E-state index >= 15 is 0 Å². The summed E-state index contributed by atoms with van der Waals surface area (Å²) in [5, 5.41) is 2.84. The van der Waals surface area contributed by atoms with E-state index in [4.69, 9.17) is 11.6 Å².